The largest absolute Gasteiger partial charge is 0.493 e. The van der Waals surface area contributed by atoms with Gasteiger partial charge in [0.15, 0.2) is 0 Å². The fourth-order valence-corrected chi connectivity index (χ4v) is 3.05. The van der Waals surface area contributed by atoms with E-state index in [0.29, 0.717) is 25.0 Å². The Labute approximate surface area is 164 Å². The van der Waals surface area contributed by atoms with Crippen LogP contribution in [0.15, 0.2) is 60.7 Å². The van der Waals surface area contributed by atoms with Gasteiger partial charge >= 0.3 is 0 Å². The van der Waals surface area contributed by atoms with Gasteiger partial charge in [-0.2, -0.15) is 0 Å². The van der Waals surface area contributed by atoms with Crippen molar-refractivity contribution in [3.05, 3.63) is 66.2 Å². The van der Waals surface area contributed by atoms with E-state index in [0.717, 1.165) is 21.9 Å². The molecule has 2 aromatic carbocycles. The lowest BCUT2D eigenvalue weighted by atomic mass is 9.98. The Balaban J connectivity index is 2.00. The quantitative estimate of drug-likeness (QED) is 0.642. The Morgan fingerprint density at radius 2 is 1.93 bits per heavy atom. The Morgan fingerprint density at radius 3 is 2.71 bits per heavy atom. The number of carbonyl (C=O) groups is 2. The summed E-state index contributed by atoms with van der Waals surface area (Å²) in [7, 11) is 2.94. The minimum absolute atomic E-state index is 0.310. The van der Waals surface area contributed by atoms with Crippen LogP contribution in [0.25, 0.3) is 11.1 Å². The maximum absolute atomic E-state index is 13.0. The Hall–Kier alpha value is -3.12. The number of rotatable bonds is 2. The van der Waals surface area contributed by atoms with Gasteiger partial charge in [-0.25, -0.2) is 5.06 Å². The summed E-state index contributed by atoms with van der Waals surface area (Å²) in [5.74, 6) is 0.131. The summed E-state index contributed by atoms with van der Waals surface area (Å²) in [6.07, 6.45) is 4.90. The molecular weight excluding hydrogens is 356 g/mol. The van der Waals surface area contributed by atoms with E-state index in [9.17, 15) is 9.59 Å². The first-order chi connectivity index (χ1) is 13.6. The van der Waals surface area contributed by atoms with E-state index in [2.05, 4.69) is 5.32 Å². The van der Waals surface area contributed by atoms with Crippen LogP contribution in [0.3, 0.4) is 0 Å². The van der Waals surface area contributed by atoms with Crippen molar-refractivity contribution in [2.24, 2.45) is 0 Å². The van der Waals surface area contributed by atoms with E-state index >= 15 is 0 Å². The number of hydrogen-bond acceptors (Lipinski definition) is 4. The van der Waals surface area contributed by atoms with E-state index in [1.54, 1.807) is 12.1 Å². The smallest absolute Gasteiger partial charge is 0.268 e. The zero-order valence-electron chi connectivity index (χ0n) is 16.1. The highest BCUT2D eigenvalue weighted by molar-refractivity contribution is 6.02. The molecule has 0 fully saturated rings. The first kappa shape index (κ1) is 19.6. The zero-order valence-corrected chi connectivity index (χ0v) is 16.1. The van der Waals surface area contributed by atoms with E-state index in [-0.39, 0.29) is 11.8 Å². The van der Waals surface area contributed by atoms with Crippen LogP contribution in [0.4, 0.5) is 0 Å². The zero-order chi connectivity index (χ0) is 19.9. The van der Waals surface area contributed by atoms with Gasteiger partial charge in [-0.15, -0.1) is 0 Å². The number of fused-ring (bicyclic) bond motifs is 4. The molecule has 0 saturated carbocycles. The van der Waals surface area contributed by atoms with Crippen LogP contribution in [0, 0.1) is 0 Å². The predicted octanol–water partition coefficient (Wildman–Crippen LogP) is 3.20. The van der Waals surface area contributed by atoms with Gasteiger partial charge in [0.2, 0.25) is 0 Å². The number of likely N-dealkylation sites (N-methyl/N-ethyl adjacent to an activating group) is 1. The van der Waals surface area contributed by atoms with Crippen molar-refractivity contribution >= 4 is 11.8 Å². The summed E-state index contributed by atoms with van der Waals surface area (Å²) in [5.41, 5.74) is 2.16. The average molecular weight is 380 g/mol. The number of ether oxygens (including phenoxy) is 1. The van der Waals surface area contributed by atoms with Crippen molar-refractivity contribution in [2.45, 2.75) is 18.9 Å². The van der Waals surface area contributed by atoms with Crippen LogP contribution >= 0.6 is 0 Å². The Kier molecular flexibility index (Phi) is 6.45. The van der Waals surface area contributed by atoms with Crippen molar-refractivity contribution in [3.63, 3.8) is 0 Å². The Morgan fingerprint density at radius 1 is 1.14 bits per heavy atom. The lowest BCUT2D eigenvalue weighted by Gasteiger charge is -2.22. The molecule has 6 heteroatoms. The van der Waals surface area contributed by atoms with E-state index in [4.69, 9.17) is 9.57 Å². The third kappa shape index (κ3) is 4.58. The highest BCUT2D eigenvalue weighted by Gasteiger charge is 2.25. The van der Waals surface area contributed by atoms with E-state index < -0.39 is 6.04 Å². The number of hydroxylamine groups is 2. The molecule has 1 heterocycles. The van der Waals surface area contributed by atoms with Crippen LogP contribution in [0.1, 0.15) is 23.2 Å². The van der Waals surface area contributed by atoms with Crippen LogP contribution in [0.5, 0.6) is 5.75 Å². The van der Waals surface area contributed by atoms with Gasteiger partial charge in [-0.05, 0) is 42.2 Å². The molecule has 0 spiro atoms. The number of benzene rings is 2. The van der Waals surface area contributed by atoms with Gasteiger partial charge in [-0.1, -0.05) is 42.5 Å². The number of nitrogens with zero attached hydrogens (tertiary/aromatic N) is 1. The molecule has 0 aliphatic carbocycles. The van der Waals surface area contributed by atoms with E-state index in [1.807, 2.05) is 48.6 Å². The molecule has 6 nitrogen and oxygen atoms in total. The third-order valence-corrected chi connectivity index (χ3v) is 4.60. The molecule has 28 heavy (non-hydrogen) atoms. The van der Waals surface area contributed by atoms with Gasteiger partial charge in [0.1, 0.15) is 11.8 Å². The first-order valence-electron chi connectivity index (χ1n) is 9.20. The van der Waals surface area contributed by atoms with Gasteiger partial charge in [0.05, 0.1) is 13.7 Å². The van der Waals surface area contributed by atoms with Gasteiger partial charge in [0, 0.05) is 12.6 Å². The highest BCUT2D eigenvalue weighted by atomic mass is 16.7. The lowest BCUT2D eigenvalue weighted by Crippen LogP contribution is -2.46. The Bertz CT molecular complexity index is 878. The maximum atomic E-state index is 13.0. The molecule has 1 atom stereocenters. The van der Waals surface area contributed by atoms with Gasteiger partial charge in [-0.3, -0.25) is 14.4 Å². The summed E-state index contributed by atoms with van der Waals surface area (Å²) in [5, 5.41) is 3.98. The standard InChI is InChI=1S/C22H24N2O4/c1-24(27-2)22(26)20-13-4-3-7-14-28-17-10-8-9-16(15-17)18-11-5-6-12-19(18)21(25)23-20/h3-6,8-12,15,20H,7,13-14H2,1-2H3,(H,23,25)/t20-/m0/s1. The fraction of sp³-hybridized carbons (Fsp3) is 0.273. The molecule has 1 N–H and O–H groups in total. The molecular formula is C22H24N2O4. The second-order valence-corrected chi connectivity index (χ2v) is 6.46. The molecule has 0 aromatic heterocycles. The van der Waals surface area contributed by atoms with Crippen LogP contribution < -0.4 is 10.1 Å². The number of carbonyl (C=O) groups excluding carboxylic acids is 2. The van der Waals surface area contributed by atoms with Gasteiger partial charge in [0.25, 0.3) is 11.8 Å². The lowest BCUT2D eigenvalue weighted by molar-refractivity contribution is -0.170. The first-order valence-corrected chi connectivity index (χ1v) is 9.20. The van der Waals surface area contributed by atoms with Gasteiger partial charge < -0.3 is 10.1 Å². The predicted molar refractivity (Wildman–Crippen MR) is 107 cm³/mol. The minimum atomic E-state index is -0.725. The highest BCUT2D eigenvalue weighted by Crippen LogP contribution is 2.27. The second kappa shape index (κ2) is 9.19. The van der Waals surface area contributed by atoms with Crippen LogP contribution in [-0.2, 0) is 9.63 Å². The molecule has 2 aromatic rings. The molecule has 2 amide bonds. The van der Waals surface area contributed by atoms with Crippen molar-refractivity contribution in [2.75, 3.05) is 20.8 Å². The van der Waals surface area contributed by atoms with Crippen molar-refractivity contribution in [3.8, 4) is 16.9 Å². The summed E-state index contributed by atoms with van der Waals surface area (Å²) in [4.78, 5) is 30.6. The van der Waals surface area contributed by atoms with E-state index in [1.165, 1.54) is 14.2 Å². The van der Waals surface area contributed by atoms with Crippen molar-refractivity contribution < 1.29 is 19.2 Å². The molecule has 3 rings (SSSR count). The molecule has 146 valence electrons. The summed E-state index contributed by atoms with van der Waals surface area (Å²) in [6, 6.07) is 14.3. The average Bonchev–Trinajstić information content (AvgIpc) is 2.73. The molecule has 1 aliphatic heterocycles. The fourth-order valence-electron chi connectivity index (χ4n) is 3.05. The molecule has 0 unspecified atom stereocenters. The van der Waals surface area contributed by atoms with Crippen molar-refractivity contribution in [1.82, 2.24) is 10.4 Å². The normalized spacial score (nSPS) is 16.9. The maximum Gasteiger partial charge on any atom is 0.268 e. The second-order valence-electron chi connectivity index (χ2n) is 6.46. The molecule has 0 saturated heterocycles. The molecule has 1 aliphatic rings. The molecule has 2 bridgehead atoms. The number of hydrogen-bond donors (Lipinski definition) is 1. The summed E-state index contributed by atoms with van der Waals surface area (Å²) < 4.78 is 5.82. The number of nitrogens with one attached hydrogen (secondary N) is 1. The third-order valence-electron chi connectivity index (χ3n) is 4.60. The SMILES string of the molecule is CON(C)C(=O)[C@@H]1CC=CCCOc2cccc(c2)-c2ccccc2C(=O)N1. The topological polar surface area (TPSA) is 67.9 Å². The number of amides is 2. The summed E-state index contributed by atoms with van der Waals surface area (Å²) in [6.45, 7) is 0.532. The summed E-state index contributed by atoms with van der Waals surface area (Å²) >= 11 is 0. The molecule has 0 radical (unpaired) electrons. The minimum Gasteiger partial charge on any atom is -0.493 e. The van der Waals surface area contributed by atoms with Crippen molar-refractivity contribution in [1.29, 1.82) is 0 Å². The van der Waals surface area contributed by atoms with Crippen LogP contribution in [0.2, 0.25) is 0 Å². The monoisotopic (exact) mass is 380 g/mol. The van der Waals surface area contributed by atoms with Crippen LogP contribution in [-0.4, -0.2) is 43.7 Å².